The fraction of sp³-hybridized carbons (Fsp3) is 0.857. The molecule has 0 saturated carbocycles. The lowest BCUT2D eigenvalue weighted by molar-refractivity contribution is 0.138. The van der Waals surface area contributed by atoms with Gasteiger partial charge < -0.3 is 10.1 Å². The highest BCUT2D eigenvalue weighted by Crippen LogP contribution is 2.02. The van der Waals surface area contributed by atoms with E-state index in [0.29, 0.717) is 6.54 Å². The Balaban J connectivity index is 0.000000371. The van der Waals surface area contributed by atoms with Gasteiger partial charge in [-0.1, -0.05) is 20.8 Å². The van der Waals surface area contributed by atoms with Gasteiger partial charge in [-0.05, 0) is 6.42 Å². The van der Waals surface area contributed by atoms with Crippen LogP contribution in [0.25, 0.3) is 0 Å². The molecule has 10 heavy (non-hydrogen) atoms. The summed E-state index contributed by atoms with van der Waals surface area (Å²) in [6, 6.07) is 0. The molecule has 1 heterocycles. The maximum atomic E-state index is 10.3. The molecular formula is C7H15NO2. The van der Waals surface area contributed by atoms with Crippen molar-refractivity contribution in [2.24, 2.45) is 0 Å². The maximum absolute atomic E-state index is 10.3. The molecule has 1 fully saturated rings. The highest BCUT2D eigenvalue weighted by atomic mass is 16.6. The average Bonchev–Trinajstić information content (AvgIpc) is 2.40. The van der Waals surface area contributed by atoms with E-state index in [0.717, 1.165) is 6.42 Å². The summed E-state index contributed by atoms with van der Waals surface area (Å²) in [7, 11) is 0. The van der Waals surface area contributed by atoms with Gasteiger partial charge in [0.15, 0.2) is 0 Å². The zero-order chi connectivity index (χ0) is 7.98. The van der Waals surface area contributed by atoms with Crippen LogP contribution >= 0.6 is 0 Å². The Labute approximate surface area is 61.8 Å². The average molecular weight is 145 g/mol. The highest BCUT2D eigenvalue weighted by molar-refractivity contribution is 5.69. The predicted octanol–water partition coefficient (Wildman–Crippen LogP) is 1.53. The predicted molar refractivity (Wildman–Crippen MR) is 39.9 cm³/mol. The number of hydrogen-bond acceptors (Lipinski definition) is 2. The van der Waals surface area contributed by atoms with Gasteiger partial charge >= 0.3 is 6.09 Å². The summed E-state index contributed by atoms with van der Waals surface area (Å²) < 4.78 is 4.76. The van der Waals surface area contributed by atoms with Gasteiger partial charge in [-0.2, -0.15) is 0 Å². The number of amides is 1. The Hall–Kier alpha value is -0.730. The van der Waals surface area contributed by atoms with Crippen molar-refractivity contribution in [3.8, 4) is 0 Å². The monoisotopic (exact) mass is 145 g/mol. The van der Waals surface area contributed by atoms with Crippen molar-refractivity contribution in [1.82, 2.24) is 5.32 Å². The van der Waals surface area contributed by atoms with Crippen molar-refractivity contribution in [1.29, 1.82) is 0 Å². The van der Waals surface area contributed by atoms with Crippen molar-refractivity contribution in [3.63, 3.8) is 0 Å². The molecule has 0 aromatic heterocycles. The van der Waals surface area contributed by atoms with E-state index in [1.54, 1.807) is 0 Å². The molecule has 1 rings (SSSR count). The molecule has 1 aliphatic heterocycles. The van der Waals surface area contributed by atoms with Crippen LogP contribution in [0.5, 0.6) is 0 Å². The van der Waals surface area contributed by atoms with Crippen LogP contribution in [0.15, 0.2) is 0 Å². The van der Waals surface area contributed by atoms with E-state index < -0.39 is 0 Å². The molecule has 0 radical (unpaired) electrons. The minimum atomic E-state index is -0.281. The second kappa shape index (κ2) is 5.09. The molecule has 60 valence electrons. The first kappa shape index (κ1) is 9.27. The summed E-state index contributed by atoms with van der Waals surface area (Å²) in [5.41, 5.74) is 0. The second-order valence-electron chi connectivity index (χ2n) is 1.82. The lowest BCUT2D eigenvalue weighted by atomic mass is 10.3. The van der Waals surface area contributed by atoms with Crippen molar-refractivity contribution in [3.05, 3.63) is 0 Å². The normalized spacial score (nSPS) is 22.3. The molecule has 0 spiro atoms. The maximum Gasteiger partial charge on any atom is 0.407 e. The van der Waals surface area contributed by atoms with Gasteiger partial charge in [0.1, 0.15) is 6.10 Å². The first-order valence-electron chi connectivity index (χ1n) is 3.77. The van der Waals surface area contributed by atoms with E-state index in [1.807, 2.05) is 20.8 Å². The molecule has 1 saturated heterocycles. The molecule has 1 N–H and O–H groups in total. The van der Waals surface area contributed by atoms with Crippen LogP contribution in [-0.4, -0.2) is 18.7 Å². The minimum Gasteiger partial charge on any atom is -0.444 e. The van der Waals surface area contributed by atoms with Crippen LogP contribution in [0.3, 0.4) is 0 Å². The lowest BCUT2D eigenvalue weighted by Crippen LogP contribution is -2.13. The van der Waals surface area contributed by atoms with Gasteiger partial charge in [0, 0.05) is 0 Å². The Morgan fingerprint density at radius 3 is 2.50 bits per heavy atom. The third kappa shape index (κ3) is 2.71. The third-order valence-corrected chi connectivity index (χ3v) is 1.20. The summed E-state index contributed by atoms with van der Waals surface area (Å²) >= 11 is 0. The molecule has 0 aliphatic carbocycles. The summed E-state index contributed by atoms with van der Waals surface area (Å²) in [6.45, 7) is 6.67. The van der Waals surface area contributed by atoms with Crippen LogP contribution in [0.4, 0.5) is 4.79 Å². The number of ether oxygens (including phenoxy) is 1. The van der Waals surface area contributed by atoms with E-state index >= 15 is 0 Å². The number of alkyl carbamates (subject to hydrolysis) is 1. The number of cyclic esters (lactones) is 1. The van der Waals surface area contributed by atoms with E-state index in [9.17, 15) is 4.79 Å². The lowest BCUT2D eigenvalue weighted by Gasteiger charge is -1.99. The zero-order valence-electron chi connectivity index (χ0n) is 6.81. The van der Waals surface area contributed by atoms with Crippen molar-refractivity contribution in [2.45, 2.75) is 33.3 Å². The Morgan fingerprint density at radius 2 is 2.30 bits per heavy atom. The van der Waals surface area contributed by atoms with E-state index in [-0.39, 0.29) is 12.2 Å². The fourth-order valence-corrected chi connectivity index (χ4v) is 0.660. The van der Waals surface area contributed by atoms with E-state index in [2.05, 4.69) is 5.32 Å². The molecule has 1 atom stereocenters. The van der Waals surface area contributed by atoms with Gasteiger partial charge in [0.05, 0.1) is 6.54 Å². The molecule has 3 heteroatoms. The van der Waals surface area contributed by atoms with Gasteiger partial charge in [0.2, 0.25) is 0 Å². The zero-order valence-corrected chi connectivity index (χ0v) is 6.81. The summed E-state index contributed by atoms with van der Waals surface area (Å²) in [4.78, 5) is 10.3. The van der Waals surface area contributed by atoms with Crippen LogP contribution in [0, 0.1) is 0 Å². The summed E-state index contributed by atoms with van der Waals surface area (Å²) in [5, 5.41) is 2.56. The molecule has 1 aliphatic rings. The summed E-state index contributed by atoms with van der Waals surface area (Å²) in [6.07, 6.45) is 0.734. The number of hydrogen-bond donors (Lipinski definition) is 1. The summed E-state index contributed by atoms with van der Waals surface area (Å²) in [5.74, 6) is 0. The van der Waals surface area contributed by atoms with E-state index in [4.69, 9.17) is 4.74 Å². The highest BCUT2D eigenvalue weighted by Gasteiger charge is 2.19. The number of rotatable bonds is 1. The Bertz CT molecular complexity index is 104. The van der Waals surface area contributed by atoms with Crippen molar-refractivity contribution < 1.29 is 9.53 Å². The molecule has 0 aromatic rings. The van der Waals surface area contributed by atoms with Crippen LogP contribution in [-0.2, 0) is 4.74 Å². The van der Waals surface area contributed by atoms with Gasteiger partial charge in [-0.15, -0.1) is 0 Å². The van der Waals surface area contributed by atoms with Crippen LogP contribution in [0.2, 0.25) is 0 Å². The molecule has 1 unspecified atom stereocenters. The molecule has 3 nitrogen and oxygen atoms in total. The number of carbonyl (C=O) groups is 1. The molecular weight excluding hydrogens is 130 g/mol. The molecule has 0 aromatic carbocycles. The van der Waals surface area contributed by atoms with Gasteiger partial charge in [-0.3, -0.25) is 0 Å². The Morgan fingerprint density at radius 1 is 1.70 bits per heavy atom. The fourth-order valence-electron chi connectivity index (χ4n) is 0.660. The number of carbonyl (C=O) groups excluding carboxylic acids is 1. The molecule has 1 amide bonds. The minimum absolute atomic E-state index is 0.113. The number of nitrogens with one attached hydrogen (secondary N) is 1. The smallest absolute Gasteiger partial charge is 0.407 e. The van der Waals surface area contributed by atoms with Crippen LogP contribution in [0.1, 0.15) is 27.2 Å². The first-order chi connectivity index (χ1) is 4.83. The van der Waals surface area contributed by atoms with Gasteiger partial charge in [0.25, 0.3) is 0 Å². The van der Waals surface area contributed by atoms with Gasteiger partial charge in [-0.25, -0.2) is 4.79 Å². The first-order valence-corrected chi connectivity index (χ1v) is 3.77. The standard InChI is InChI=1S/C5H9NO2.C2H6/c1-2-4-3-6-5(7)8-4;1-2/h4H,2-3H2,1H3,(H,6,7);1-2H3. The third-order valence-electron chi connectivity index (χ3n) is 1.20. The van der Waals surface area contributed by atoms with Crippen molar-refractivity contribution >= 4 is 6.09 Å². The Kier molecular flexibility index (Phi) is 4.72. The second-order valence-corrected chi connectivity index (χ2v) is 1.82. The SMILES string of the molecule is CC.CCC1CNC(=O)O1. The molecule has 0 bridgehead atoms. The van der Waals surface area contributed by atoms with Crippen molar-refractivity contribution in [2.75, 3.05) is 6.54 Å². The largest absolute Gasteiger partial charge is 0.444 e. The van der Waals surface area contributed by atoms with Crippen LogP contribution < -0.4 is 5.32 Å². The topological polar surface area (TPSA) is 38.3 Å². The quantitative estimate of drug-likeness (QED) is 0.607. The van der Waals surface area contributed by atoms with E-state index in [1.165, 1.54) is 0 Å².